The van der Waals surface area contributed by atoms with Gasteiger partial charge in [-0.3, -0.25) is 0 Å². The van der Waals surface area contributed by atoms with Gasteiger partial charge in [-0.15, -0.1) is 6.42 Å². The molecule has 118 valence electrons. The molecule has 0 atom stereocenters. The van der Waals surface area contributed by atoms with Crippen LogP contribution in [0.1, 0.15) is 38.2 Å². The zero-order chi connectivity index (χ0) is 15.6. The molecular weight excluding hydrogens is 276 g/mol. The standard InChI is InChI=1S/C17H24N4O/c1-3-10-20-17(18-4-2)21-13-14-9-11-19-16(12-14)22-15-7-5-6-8-15/h1,9,11-12,15H,4-8,10,13H2,2H3,(H2,18,20,21). The number of terminal acetylenes is 1. The van der Waals surface area contributed by atoms with Crippen LogP contribution in [-0.4, -0.2) is 30.1 Å². The number of hydrogen-bond acceptors (Lipinski definition) is 3. The number of nitrogens with one attached hydrogen (secondary N) is 2. The van der Waals surface area contributed by atoms with Crippen LogP contribution in [0.2, 0.25) is 0 Å². The minimum atomic E-state index is 0.320. The molecule has 0 saturated heterocycles. The average Bonchev–Trinajstić information content (AvgIpc) is 3.03. The van der Waals surface area contributed by atoms with Crippen molar-refractivity contribution < 1.29 is 4.74 Å². The second-order valence-electron chi connectivity index (χ2n) is 5.28. The van der Waals surface area contributed by atoms with Crippen LogP contribution in [-0.2, 0) is 6.54 Å². The Morgan fingerprint density at radius 3 is 3.00 bits per heavy atom. The van der Waals surface area contributed by atoms with E-state index in [1.54, 1.807) is 6.20 Å². The molecule has 5 nitrogen and oxygen atoms in total. The van der Waals surface area contributed by atoms with E-state index >= 15 is 0 Å². The highest BCUT2D eigenvalue weighted by molar-refractivity contribution is 5.79. The Labute approximate surface area is 132 Å². The highest BCUT2D eigenvalue weighted by atomic mass is 16.5. The Kier molecular flexibility index (Phi) is 6.56. The molecule has 1 aliphatic rings. The Morgan fingerprint density at radius 2 is 2.27 bits per heavy atom. The summed E-state index contributed by atoms with van der Waals surface area (Å²) in [7, 11) is 0. The van der Waals surface area contributed by atoms with Gasteiger partial charge in [-0.25, -0.2) is 9.98 Å². The fraction of sp³-hybridized carbons (Fsp3) is 0.529. The molecule has 1 aliphatic carbocycles. The van der Waals surface area contributed by atoms with Crippen LogP contribution >= 0.6 is 0 Å². The highest BCUT2D eigenvalue weighted by Crippen LogP contribution is 2.23. The van der Waals surface area contributed by atoms with Gasteiger partial charge in [0.15, 0.2) is 5.96 Å². The highest BCUT2D eigenvalue weighted by Gasteiger charge is 2.16. The van der Waals surface area contributed by atoms with Crippen molar-refractivity contribution in [1.82, 2.24) is 15.6 Å². The molecular formula is C17H24N4O. The first-order valence-corrected chi connectivity index (χ1v) is 7.89. The Balaban J connectivity index is 1.94. The number of guanidine groups is 1. The summed E-state index contributed by atoms with van der Waals surface area (Å²) in [6, 6.07) is 3.92. The lowest BCUT2D eigenvalue weighted by atomic mass is 10.2. The molecule has 1 aromatic rings. The van der Waals surface area contributed by atoms with E-state index in [9.17, 15) is 0 Å². The van der Waals surface area contributed by atoms with Crippen molar-refractivity contribution in [2.45, 2.75) is 45.3 Å². The number of aromatic nitrogens is 1. The minimum absolute atomic E-state index is 0.320. The molecule has 1 fully saturated rings. The monoisotopic (exact) mass is 300 g/mol. The van der Waals surface area contributed by atoms with Gasteiger partial charge in [-0.05, 0) is 44.2 Å². The summed E-state index contributed by atoms with van der Waals surface area (Å²) >= 11 is 0. The van der Waals surface area contributed by atoms with E-state index in [2.05, 4.69) is 26.5 Å². The predicted octanol–water partition coefficient (Wildman–Crippen LogP) is 2.09. The Hall–Kier alpha value is -2.22. The van der Waals surface area contributed by atoms with Gasteiger partial charge in [0, 0.05) is 18.8 Å². The van der Waals surface area contributed by atoms with Crippen molar-refractivity contribution in [2.75, 3.05) is 13.1 Å². The van der Waals surface area contributed by atoms with Gasteiger partial charge in [0.05, 0.1) is 13.1 Å². The van der Waals surface area contributed by atoms with Crippen LogP contribution in [0.25, 0.3) is 0 Å². The molecule has 0 aliphatic heterocycles. The normalized spacial score (nSPS) is 15.4. The Morgan fingerprint density at radius 1 is 1.45 bits per heavy atom. The van der Waals surface area contributed by atoms with Crippen molar-refractivity contribution in [3.63, 3.8) is 0 Å². The molecule has 0 spiro atoms. The molecule has 1 saturated carbocycles. The van der Waals surface area contributed by atoms with Crippen LogP contribution in [0.5, 0.6) is 5.88 Å². The van der Waals surface area contributed by atoms with E-state index in [4.69, 9.17) is 11.2 Å². The first-order chi connectivity index (χ1) is 10.8. The SMILES string of the molecule is C#CCNC(=NCc1ccnc(OC2CCCC2)c1)NCC. The first-order valence-electron chi connectivity index (χ1n) is 7.89. The lowest BCUT2D eigenvalue weighted by Gasteiger charge is -2.12. The van der Waals surface area contributed by atoms with Gasteiger partial charge in [-0.1, -0.05) is 5.92 Å². The number of aliphatic imine (C=N–C) groups is 1. The zero-order valence-electron chi connectivity index (χ0n) is 13.1. The van der Waals surface area contributed by atoms with Crippen molar-refractivity contribution in [2.24, 2.45) is 4.99 Å². The second-order valence-corrected chi connectivity index (χ2v) is 5.28. The number of nitrogens with zero attached hydrogens (tertiary/aromatic N) is 2. The molecule has 0 aromatic carbocycles. The van der Waals surface area contributed by atoms with E-state index in [0.29, 0.717) is 25.1 Å². The summed E-state index contributed by atoms with van der Waals surface area (Å²) in [6.07, 6.45) is 12.1. The van der Waals surface area contributed by atoms with Crippen molar-refractivity contribution >= 4 is 5.96 Å². The minimum Gasteiger partial charge on any atom is -0.474 e. The number of pyridine rings is 1. The van der Waals surface area contributed by atoms with E-state index in [1.165, 1.54) is 12.8 Å². The largest absolute Gasteiger partial charge is 0.474 e. The Bertz CT molecular complexity index is 530. The molecule has 2 rings (SSSR count). The quantitative estimate of drug-likeness (QED) is 0.480. The smallest absolute Gasteiger partial charge is 0.213 e. The summed E-state index contributed by atoms with van der Waals surface area (Å²) < 4.78 is 5.92. The van der Waals surface area contributed by atoms with Crippen molar-refractivity contribution in [1.29, 1.82) is 0 Å². The first kappa shape index (κ1) is 16.2. The topological polar surface area (TPSA) is 58.5 Å². The summed E-state index contributed by atoms with van der Waals surface area (Å²) in [5, 5.41) is 6.23. The third-order valence-corrected chi connectivity index (χ3v) is 3.51. The molecule has 2 N–H and O–H groups in total. The van der Waals surface area contributed by atoms with E-state index < -0.39 is 0 Å². The van der Waals surface area contributed by atoms with Gasteiger partial charge < -0.3 is 15.4 Å². The molecule has 5 heteroatoms. The van der Waals surface area contributed by atoms with Crippen LogP contribution in [0, 0.1) is 12.3 Å². The van der Waals surface area contributed by atoms with Gasteiger partial charge in [0.2, 0.25) is 5.88 Å². The van der Waals surface area contributed by atoms with Crippen LogP contribution in [0.4, 0.5) is 0 Å². The third-order valence-electron chi connectivity index (χ3n) is 3.51. The fourth-order valence-corrected chi connectivity index (χ4v) is 2.44. The summed E-state index contributed by atoms with van der Waals surface area (Å²) in [5.74, 6) is 3.96. The number of rotatable bonds is 6. The van der Waals surface area contributed by atoms with E-state index in [1.807, 2.05) is 19.1 Å². The zero-order valence-corrected chi connectivity index (χ0v) is 13.1. The molecule has 0 bridgehead atoms. The third kappa shape index (κ3) is 5.28. The van der Waals surface area contributed by atoms with Crippen LogP contribution < -0.4 is 15.4 Å². The van der Waals surface area contributed by atoms with Gasteiger partial charge in [0.25, 0.3) is 0 Å². The molecule has 1 aromatic heterocycles. The fourth-order valence-electron chi connectivity index (χ4n) is 2.44. The number of ether oxygens (including phenoxy) is 1. The predicted molar refractivity (Wildman–Crippen MR) is 88.8 cm³/mol. The van der Waals surface area contributed by atoms with Crippen molar-refractivity contribution in [3.8, 4) is 18.2 Å². The van der Waals surface area contributed by atoms with Crippen LogP contribution in [0.15, 0.2) is 23.3 Å². The summed E-state index contributed by atoms with van der Waals surface area (Å²) in [4.78, 5) is 8.80. The van der Waals surface area contributed by atoms with E-state index in [-0.39, 0.29) is 0 Å². The van der Waals surface area contributed by atoms with Gasteiger partial charge in [0.1, 0.15) is 6.10 Å². The molecule has 22 heavy (non-hydrogen) atoms. The van der Waals surface area contributed by atoms with Gasteiger partial charge in [-0.2, -0.15) is 0 Å². The average molecular weight is 300 g/mol. The maximum Gasteiger partial charge on any atom is 0.213 e. The van der Waals surface area contributed by atoms with Gasteiger partial charge >= 0.3 is 0 Å². The molecule has 0 unspecified atom stereocenters. The molecule has 1 heterocycles. The lowest BCUT2D eigenvalue weighted by Crippen LogP contribution is -2.37. The van der Waals surface area contributed by atoms with E-state index in [0.717, 1.165) is 30.9 Å². The van der Waals surface area contributed by atoms with Crippen molar-refractivity contribution in [3.05, 3.63) is 23.9 Å². The number of hydrogen-bond donors (Lipinski definition) is 2. The van der Waals surface area contributed by atoms with Crippen LogP contribution in [0.3, 0.4) is 0 Å². The summed E-state index contributed by atoms with van der Waals surface area (Å²) in [5.41, 5.74) is 1.07. The second kappa shape index (κ2) is 8.93. The molecule has 0 amide bonds. The summed E-state index contributed by atoms with van der Waals surface area (Å²) in [6.45, 7) is 3.83. The maximum atomic E-state index is 5.92. The molecule has 0 radical (unpaired) electrons. The maximum absolute atomic E-state index is 5.92. The lowest BCUT2D eigenvalue weighted by molar-refractivity contribution is 0.201.